The first-order valence-electron chi connectivity index (χ1n) is 5.95. The van der Waals surface area contributed by atoms with Crippen molar-refractivity contribution in [1.29, 1.82) is 0 Å². The Balaban J connectivity index is 1.78. The fraction of sp³-hybridized carbons (Fsp3) is 0.312. The Morgan fingerprint density at radius 3 is 2.83 bits per heavy atom. The summed E-state index contributed by atoms with van der Waals surface area (Å²) < 4.78 is 4.93. The Hall–Kier alpha value is -2.19. The summed E-state index contributed by atoms with van der Waals surface area (Å²) in [4.78, 5) is 10.6. The van der Waals surface area contributed by atoms with Crippen molar-refractivity contribution in [2.45, 2.75) is 13.3 Å². The second-order valence-corrected chi connectivity index (χ2v) is 4.29. The molecule has 0 radical (unpaired) electrons. The van der Waals surface area contributed by atoms with Crippen LogP contribution in [0, 0.1) is 35.5 Å². The molecular weight excluding hydrogens is 224 g/mol. The largest absolute Gasteiger partial charge is 0.466 e. The van der Waals surface area contributed by atoms with E-state index >= 15 is 0 Å². The molecule has 0 aliphatic heterocycles. The van der Waals surface area contributed by atoms with Gasteiger partial charge in [-0.2, -0.15) is 0 Å². The van der Waals surface area contributed by atoms with Crippen LogP contribution in [0.1, 0.15) is 18.9 Å². The Kier molecular flexibility index (Phi) is 4.05. The maximum absolute atomic E-state index is 10.6. The molecule has 0 aromatic heterocycles. The lowest BCUT2D eigenvalue weighted by Crippen LogP contribution is -2.02. The van der Waals surface area contributed by atoms with Crippen molar-refractivity contribution in [3.63, 3.8) is 0 Å². The van der Waals surface area contributed by atoms with E-state index in [4.69, 9.17) is 4.74 Å². The average molecular weight is 238 g/mol. The van der Waals surface area contributed by atoms with Crippen LogP contribution in [-0.4, -0.2) is 12.6 Å². The fourth-order valence-electron chi connectivity index (χ4n) is 1.59. The van der Waals surface area contributed by atoms with Gasteiger partial charge in [0.15, 0.2) is 0 Å². The highest BCUT2D eigenvalue weighted by Crippen LogP contribution is 2.37. The van der Waals surface area contributed by atoms with Crippen LogP contribution in [0.3, 0.4) is 0 Å². The van der Waals surface area contributed by atoms with E-state index in [1.165, 1.54) is 6.92 Å². The molecule has 1 aromatic rings. The van der Waals surface area contributed by atoms with Crippen molar-refractivity contribution >= 4 is 5.97 Å². The third-order valence-electron chi connectivity index (χ3n) is 2.72. The maximum atomic E-state index is 10.6. The van der Waals surface area contributed by atoms with Gasteiger partial charge >= 0.3 is 5.97 Å². The minimum absolute atomic E-state index is 0.225. The van der Waals surface area contributed by atoms with Gasteiger partial charge in [-0.25, -0.2) is 0 Å². The van der Waals surface area contributed by atoms with E-state index in [-0.39, 0.29) is 5.97 Å². The number of esters is 1. The van der Waals surface area contributed by atoms with Crippen LogP contribution in [0.2, 0.25) is 0 Å². The molecule has 2 atom stereocenters. The third-order valence-corrected chi connectivity index (χ3v) is 2.72. The molecule has 1 aliphatic rings. The lowest BCUT2D eigenvalue weighted by Gasteiger charge is -1.96. The summed E-state index contributed by atoms with van der Waals surface area (Å²) in [5.41, 5.74) is 0.971. The van der Waals surface area contributed by atoms with Gasteiger partial charge in [-0.05, 0) is 30.4 Å². The van der Waals surface area contributed by atoms with Gasteiger partial charge < -0.3 is 4.74 Å². The zero-order chi connectivity index (χ0) is 12.8. The fourth-order valence-corrected chi connectivity index (χ4v) is 1.59. The zero-order valence-corrected chi connectivity index (χ0v) is 10.3. The molecule has 1 fully saturated rings. The molecule has 0 bridgehead atoms. The second-order valence-electron chi connectivity index (χ2n) is 4.29. The van der Waals surface area contributed by atoms with Crippen LogP contribution in [0.25, 0.3) is 0 Å². The van der Waals surface area contributed by atoms with Gasteiger partial charge in [0, 0.05) is 24.3 Å². The van der Waals surface area contributed by atoms with Crippen LogP contribution < -0.4 is 0 Å². The van der Waals surface area contributed by atoms with Gasteiger partial charge in [0.1, 0.15) is 0 Å². The van der Waals surface area contributed by atoms with Crippen LogP contribution in [0.5, 0.6) is 0 Å². The molecule has 1 aliphatic carbocycles. The SMILES string of the molecule is CC(=O)OC[C@@H]1C[C@H]1C#CC#Cc1ccccc1. The molecule has 2 rings (SSSR count). The van der Waals surface area contributed by atoms with E-state index in [1.807, 2.05) is 30.3 Å². The number of hydrogen-bond acceptors (Lipinski definition) is 2. The van der Waals surface area contributed by atoms with Crippen molar-refractivity contribution in [2.24, 2.45) is 11.8 Å². The summed E-state index contributed by atoms with van der Waals surface area (Å²) in [5, 5.41) is 0. The van der Waals surface area contributed by atoms with Crippen LogP contribution in [-0.2, 0) is 9.53 Å². The number of rotatable bonds is 2. The van der Waals surface area contributed by atoms with Crippen molar-refractivity contribution < 1.29 is 9.53 Å². The molecule has 0 amide bonds. The van der Waals surface area contributed by atoms with Crippen molar-refractivity contribution in [3.05, 3.63) is 35.9 Å². The van der Waals surface area contributed by atoms with Gasteiger partial charge in [0.2, 0.25) is 0 Å². The summed E-state index contributed by atoms with van der Waals surface area (Å²) in [7, 11) is 0. The normalized spacial score (nSPS) is 19.8. The van der Waals surface area contributed by atoms with E-state index in [0.717, 1.165) is 12.0 Å². The van der Waals surface area contributed by atoms with Gasteiger partial charge in [-0.1, -0.05) is 30.0 Å². The number of carbonyl (C=O) groups excluding carboxylic acids is 1. The summed E-state index contributed by atoms with van der Waals surface area (Å²) in [6.07, 6.45) is 1.01. The smallest absolute Gasteiger partial charge is 0.302 e. The van der Waals surface area contributed by atoms with E-state index in [1.54, 1.807) is 0 Å². The van der Waals surface area contributed by atoms with E-state index < -0.39 is 0 Å². The quantitative estimate of drug-likeness (QED) is 0.583. The average Bonchev–Trinajstić information content (AvgIpc) is 3.12. The zero-order valence-electron chi connectivity index (χ0n) is 10.3. The predicted octanol–water partition coefficient (Wildman–Crippen LogP) is 2.24. The van der Waals surface area contributed by atoms with Crippen LogP contribution in [0.15, 0.2) is 30.3 Å². The summed E-state index contributed by atoms with van der Waals surface area (Å²) in [5.74, 6) is 12.3. The maximum Gasteiger partial charge on any atom is 0.302 e. The standard InChI is InChI=1S/C16H14O2/c1-13(17)18-12-16-11-15(16)10-6-5-9-14-7-3-2-4-8-14/h2-4,7-8,15-16H,11-12H2,1H3/t15-,16+/m1/s1. The molecular formula is C16H14O2. The van der Waals surface area contributed by atoms with E-state index in [0.29, 0.717) is 18.4 Å². The number of benzene rings is 1. The molecule has 0 spiro atoms. The highest BCUT2D eigenvalue weighted by atomic mass is 16.5. The van der Waals surface area contributed by atoms with Crippen molar-refractivity contribution in [3.8, 4) is 23.7 Å². The molecule has 1 saturated carbocycles. The molecule has 2 nitrogen and oxygen atoms in total. The highest BCUT2D eigenvalue weighted by molar-refractivity contribution is 5.65. The number of carbonyl (C=O) groups is 1. The first-order chi connectivity index (χ1) is 8.75. The van der Waals surface area contributed by atoms with Crippen molar-refractivity contribution in [2.75, 3.05) is 6.61 Å². The highest BCUT2D eigenvalue weighted by Gasteiger charge is 2.36. The molecule has 2 heteroatoms. The molecule has 1 aromatic carbocycles. The van der Waals surface area contributed by atoms with Crippen LogP contribution >= 0.6 is 0 Å². The van der Waals surface area contributed by atoms with Gasteiger partial charge in [-0.3, -0.25) is 4.79 Å². The third kappa shape index (κ3) is 4.00. The minimum Gasteiger partial charge on any atom is -0.466 e. The predicted molar refractivity (Wildman–Crippen MR) is 69.3 cm³/mol. The van der Waals surface area contributed by atoms with Crippen LogP contribution in [0.4, 0.5) is 0 Å². The topological polar surface area (TPSA) is 26.3 Å². The van der Waals surface area contributed by atoms with E-state index in [2.05, 4.69) is 23.7 Å². The lowest BCUT2D eigenvalue weighted by molar-refractivity contribution is -0.141. The molecule has 18 heavy (non-hydrogen) atoms. The first-order valence-corrected chi connectivity index (χ1v) is 5.95. The number of ether oxygens (including phenoxy) is 1. The Bertz CT molecular complexity index is 537. The molecule has 0 N–H and O–H groups in total. The van der Waals surface area contributed by atoms with Gasteiger partial charge in [0.25, 0.3) is 0 Å². The summed E-state index contributed by atoms with van der Waals surface area (Å²) >= 11 is 0. The monoisotopic (exact) mass is 238 g/mol. The van der Waals surface area contributed by atoms with Crippen molar-refractivity contribution in [1.82, 2.24) is 0 Å². The molecule has 0 unspecified atom stereocenters. The Morgan fingerprint density at radius 2 is 2.11 bits per heavy atom. The van der Waals surface area contributed by atoms with Gasteiger partial charge in [-0.15, -0.1) is 0 Å². The molecule has 0 saturated heterocycles. The lowest BCUT2D eigenvalue weighted by atomic mass is 10.2. The minimum atomic E-state index is -0.225. The first kappa shape index (κ1) is 12.3. The Morgan fingerprint density at radius 1 is 1.33 bits per heavy atom. The Labute approximate surface area is 107 Å². The second kappa shape index (κ2) is 5.94. The molecule has 90 valence electrons. The summed E-state index contributed by atoms with van der Waals surface area (Å²) in [6, 6.07) is 9.77. The van der Waals surface area contributed by atoms with E-state index in [9.17, 15) is 4.79 Å². The van der Waals surface area contributed by atoms with Gasteiger partial charge in [0.05, 0.1) is 6.61 Å². The number of hydrogen-bond donors (Lipinski definition) is 0. The summed E-state index contributed by atoms with van der Waals surface area (Å²) in [6.45, 7) is 1.91. The molecule has 0 heterocycles.